The minimum absolute atomic E-state index is 0.216. The van der Waals surface area contributed by atoms with Crippen LogP contribution in [0.5, 0.6) is 0 Å². The minimum atomic E-state index is 0.216. The van der Waals surface area contributed by atoms with E-state index < -0.39 is 0 Å². The van der Waals surface area contributed by atoms with Crippen LogP contribution in [0.25, 0.3) is 10.2 Å². The van der Waals surface area contributed by atoms with E-state index in [1.807, 2.05) is 24.4 Å². The van der Waals surface area contributed by atoms with Crippen LogP contribution in [0, 0.1) is 0 Å². The lowest BCUT2D eigenvalue weighted by molar-refractivity contribution is 0.985. The van der Waals surface area contributed by atoms with Crippen molar-refractivity contribution in [1.29, 1.82) is 0 Å². The second-order valence-corrected chi connectivity index (χ2v) is 3.92. The zero-order chi connectivity index (χ0) is 9.97. The van der Waals surface area contributed by atoms with Crippen LogP contribution in [0.2, 0.25) is 0 Å². The van der Waals surface area contributed by atoms with Gasteiger partial charge < -0.3 is 5.32 Å². The fourth-order valence-corrected chi connectivity index (χ4v) is 1.91. The summed E-state index contributed by atoms with van der Waals surface area (Å²) < 4.78 is 0. The average molecular weight is 205 g/mol. The van der Waals surface area contributed by atoms with Crippen LogP contribution in [0.15, 0.2) is 30.4 Å². The van der Waals surface area contributed by atoms with Crippen LogP contribution in [0.4, 0.5) is 5.82 Å². The van der Waals surface area contributed by atoms with Crippen LogP contribution >= 0.6 is 11.3 Å². The van der Waals surface area contributed by atoms with Crippen molar-refractivity contribution in [1.82, 2.24) is 9.97 Å². The van der Waals surface area contributed by atoms with Crippen molar-refractivity contribution in [2.45, 2.75) is 13.0 Å². The monoisotopic (exact) mass is 205 g/mol. The number of nitrogens with one attached hydrogen (secondary N) is 1. The Bertz CT molecular complexity index is 449. The number of aromatic nitrogens is 2. The van der Waals surface area contributed by atoms with E-state index in [0.29, 0.717) is 0 Å². The van der Waals surface area contributed by atoms with Gasteiger partial charge in [0.2, 0.25) is 0 Å². The zero-order valence-corrected chi connectivity index (χ0v) is 8.71. The van der Waals surface area contributed by atoms with Gasteiger partial charge in [0.05, 0.1) is 5.39 Å². The van der Waals surface area contributed by atoms with Gasteiger partial charge in [-0.05, 0) is 18.4 Å². The van der Waals surface area contributed by atoms with E-state index in [-0.39, 0.29) is 6.04 Å². The molecule has 0 bridgehead atoms. The summed E-state index contributed by atoms with van der Waals surface area (Å²) in [6.07, 6.45) is 3.43. The van der Waals surface area contributed by atoms with Gasteiger partial charge in [0.15, 0.2) is 0 Å². The van der Waals surface area contributed by atoms with Crippen LogP contribution < -0.4 is 5.32 Å². The van der Waals surface area contributed by atoms with E-state index in [1.54, 1.807) is 17.7 Å². The Balaban J connectivity index is 2.41. The highest BCUT2D eigenvalue weighted by Crippen LogP contribution is 2.23. The summed E-state index contributed by atoms with van der Waals surface area (Å²) in [5, 5.41) is 6.35. The Morgan fingerprint density at radius 2 is 2.43 bits per heavy atom. The number of nitrogens with zero attached hydrogens (tertiary/aromatic N) is 2. The smallest absolute Gasteiger partial charge is 0.138 e. The maximum atomic E-state index is 4.20. The third-order valence-corrected chi connectivity index (χ3v) is 2.80. The summed E-state index contributed by atoms with van der Waals surface area (Å²) in [5.74, 6) is 0.878. The molecule has 2 aromatic rings. The number of thiophene rings is 1. The molecule has 1 unspecified atom stereocenters. The Morgan fingerprint density at radius 3 is 3.21 bits per heavy atom. The normalized spacial score (nSPS) is 12.6. The first-order valence-electron chi connectivity index (χ1n) is 4.38. The van der Waals surface area contributed by atoms with Crippen molar-refractivity contribution in [2.75, 3.05) is 5.32 Å². The first-order chi connectivity index (χ1) is 6.81. The van der Waals surface area contributed by atoms with Crippen LogP contribution in [0.3, 0.4) is 0 Å². The predicted octanol–water partition coefficient (Wildman–Crippen LogP) is 2.68. The lowest BCUT2D eigenvalue weighted by Gasteiger charge is -2.09. The van der Waals surface area contributed by atoms with Gasteiger partial charge in [0.1, 0.15) is 17.0 Å². The SMILES string of the molecule is C=CC(C)Nc1ncnc2sccc12. The number of anilines is 1. The van der Waals surface area contributed by atoms with Crippen LogP contribution in [0.1, 0.15) is 6.92 Å². The van der Waals surface area contributed by atoms with Gasteiger partial charge in [-0.3, -0.25) is 0 Å². The third-order valence-electron chi connectivity index (χ3n) is 1.98. The summed E-state index contributed by atoms with van der Waals surface area (Å²) in [4.78, 5) is 9.39. The number of hydrogen-bond donors (Lipinski definition) is 1. The number of rotatable bonds is 3. The first kappa shape index (κ1) is 9.15. The zero-order valence-electron chi connectivity index (χ0n) is 7.90. The molecule has 2 rings (SSSR count). The van der Waals surface area contributed by atoms with Gasteiger partial charge in [0.25, 0.3) is 0 Å². The van der Waals surface area contributed by atoms with Crippen molar-refractivity contribution in [3.8, 4) is 0 Å². The standard InChI is InChI=1S/C10H11N3S/c1-3-7(2)13-9-8-4-5-14-10(8)12-6-11-9/h3-7H,1H2,2H3,(H,11,12,13). The van der Waals surface area contributed by atoms with E-state index in [4.69, 9.17) is 0 Å². The molecule has 1 atom stereocenters. The van der Waals surface area contributed by atoms with Gasteiger partial charge in [-0.15, -0.1) is 17.9 Å². The summed E-state index contributed by atoms with van der Waals surface area (Å²) in [6.45, 7) is 5.76. The molecule has 0 fully saturated rings. The van der Waals surface area contributed by atoms with E-state index in [9.17, 15) is 0 Å². The van der Waals surface area contributed by atoms with Crippen molar-refractivity contribution >= 4 is 27.4 Å². The van der Waals surface area contributed by atoms with Crippen molar-refractivity contribution in [3.05, 3.63) is 30.4 Å². The van der Waals surface area contributed by atoms with Crippen molar-refractivity contribution in [2.24, 2.45) is 0 Å². The van der Waals surface area contributed by atoms with Crippen molar-refractivity contribution in [3.63, 3.8) is 0 Å². The topological polar surface area (TPSA) is 37.8 Å². The van der Waals surface area contributed by atoms with Crippen LogP contribution in [-0.4, -0.2) is 16.0 Å². The summed E-state index contributed by atoms with van der Waals surface area (Å²) in [5.41, 5.74) is 0. The van der Waals surface area contributed by atoms with E-state index in [1.165, 1.54) is 0 Å². The van der Waals surface area contributed by atoms with E-state index in [2.05, 4.69) is 21.9 Å². The molecule has 0 aliphatic heterocycles. The Labute approximate surface area is 86.5 Å². The molecule has 0 saturated heterocycles. The van der Waals surface area contributed by atoms with E-state index in [0.717, 1.165) is 16.0 Å². The largest absolute Gasteiger partial charge is 0.364 e. The first-order valence-corrected chi connectivity index (χ1v) is 5.26. The van der Waals surface area contributed by atoms with Gasteiger partial charge in [-0.25, -0.2) is 9.97 Å². The summed E-state index contributed by atoms with van der Waals surface area (Å²) in [7, 11) is 0. The molecule has 0 aliphatic rings. The quantitative estimate of drug-likeness (QED) is 0.783. The van der Waals surface area contributed by atoms with E-state index >= 15 is 0 Å². The molecule has 3 nitrogen and oxygen atoms in total. The molecule has 0 spiro atoms. The Morgan fingerprint density at radius 1 is 1.57 bits per heavy atom. The summed E-state index contributed by atoms with van der Waals surface area (Å²) in [6, 6.07) is 2.24. The molecular formula is C10H11N3S. The molecule has 72 valence electrons. The fourth-order valence-electron chi connectivity index (χ4n) is 1.18. The van der Waals surface area contributed by atoms with Crippen LogP contribution in [-0.2, 0) is 0 Å². The van der Waals surface area contributed by atoms with Crippen molar-refractivity contribution < 1.29 is 0 Å². The molecule has 0 radical (unpaired) electrons. The highest BCUT2D eigenvalue weighted by Gasteiger charge is 2.05. The third kappa shape index (κ3) is 1.61. The molecule has 0 amide bonds. The maximum Gasteiger partial charge on any atom is 0.138 e. The Hall–Kier alpha value is -1.42. The molecule has 1 N–H and O–H groups in total. The molecule has 14 heavy (non-hydrogen) atoms. The second-order valence-electron chi connectivity index (χ2n) is 3.03. The van der Waals surface area contributed by atoms with Gasteiger partial charge >= 0.3 is 0 Å². The minimum Gasteiger partial charge on any atom is -0.364 e. The second kappa shape index (κ2) is 3.75. The molecule has 2 heterocycles. The van der Waals surface area contributed by atoms with Gasteiger partial charge in [-0.2, -0.15) is 0 Å². The molecule has 0 aromatic carbocycles. The lowest BCUT2D eigenvalue weighted by Crippen LogP contribution is -2.12. The summed E-state index contributed by atoms with van der Waals surface area (Å²) >= 11 is 1.62. The highest BCUT2D eigenvalue weighted by molar-refractivity contribution is 7.16. The van der Waals surface area contributed by atoms with Gasteiger partial charge in [-0.1, -0.05) is 6.08 Å². The number of hydrogen-bond acceptors (Lipinski definition) is 4. The highest BCUT2D eigenvalue weighted by atomic mass is 32.1. The lowest BCUT2D eigenvalue weighted by atomic mass is 10.3. The molecule has 2 aromatic heterocycles. The molecule has 0 aliphatic carbocycles. The molecule has 0 saturated carbocycles. The molecule has 4 heteroatoms. The fraction of sp³-hybridized carbons (Fsp3) is 0.200. The average Bonchev–Trinajstić information content (AvgIpc) is 2.66. The molecular weight excluding hydrogens is 194 g/mol. The predicted molar refractivity (Wildman–Crippen MR) is 60.7 cm³/mol. The Kier molecular flexibility index (Phi) is 2.45. The number of fused-ring (bicyclic) bond motifs is 1. The maximum absolute atomic E-state index is 4.20. The van der Waals surface area contributed by atoms with Gasteiger partial charge in [0, 0.05) is 6.04 Å².